The maximum absolute atomic E-state index is 12.1. The van der Waals surface area contributed by atoms with Gasteiger partial charge in [0.2, 0.25) is 11.8 Å². The van der Waals surface area contributed by atoms with Gasteiger partial charge in [0.15, 0.2) is 0 Å². The number of carbonyl (C=O) groups is 2. The van der Waals surface area contributed by atoms with E-state index in [9.17, 15) is 9.59 Å². The molecule has 0 atom stereocenters. The van der Waals surface area contributed by atoms with E-state index in [1.807, 2.05) is 36.1 Å². The fraction of sp³-hybridized carbons (Fsp3) is 0.467. The second-order valence-electron chi connectivity index (χ2n) is 4.84. The Labute approximate surface area is 125 Å². The number of likely N-dealkylation sites (N-methyl/N-ethyl adjacent to an activating group) is 1. The molecule has 0 unspecified atom stereocenters. The quantitative estimate of drug-likeness (QED) is 0.652. The largest absolute Gasteiger partial charge is 0.358 e. The summed E-state index contributed by atoms with van der Waals surface area (Å²) in [6.07, 6.45) is 0.882. The Kier molecular flexibility index (Phi) is 7.42. The SMILES string of the molecule is CCCN(CC(=O)NC)CC(=O)Nc1cccc(CN)c1. The van der Waals surface area contributed by atoms with Crippen molar-refractivity contribution < 1.29 is 9.59 Å². The molecule has 116 valence electrons. The molecule has 0 aliphatic carbocycles. The average molecular weight is 292 g/mol. The molecule has 0 aliphatic heterocycles. The van der Waals surface area contributed by atoms with E-state index in [1.54, 1.807) is 7.05 Å². The molecule has 1 aromatic rings. The summed E-state index contributed by atoms with van der Waals surface area (Å²) in [6, 6.07) is 7.43. The molecular formula is C15H24N4O2. The summed E-state index contributed by atoms with van der Waals surface area (Å²) in [5, 5.41) is 5.39. The Morgan fingerprint density at radius 3 is 2.57 bits per heavy atom. The van der Waals surface area contributed by atoms with Crippen LogP contribution < -0.4 is 16.4 Å². The highest BCUT2D eigenvalue weighted by Crippen LogP contribution is 2.10. The van der Waals surface area contributed by atoms with E-state index in [1.165, 1.54) is 0 Å². The molecule has 0 aromatic heterocycles. The topological polar surface area (TPSA) is 87.5 Å². The van der Waals surface area contributed by atoms with Gasteiger partial charge in [-0.2, -0.15) is 0 Å². The second kappa shape index (κ2) is 9.10. The van der Waals surface area contributed by atoms with Crippen molar-refractivity contribution in [2.75, 3.05) is 32.0 Å². The lowest BCUT2D eigenvalue weighted by atomic mass is 10.2. The van der Waals surface area contributed by atoms with Gasteiger partial charge in [-0.1, -0.05) is 19.1 Å². The number of hydrogen-bond donors (Lipinski definition) is 3. The molecule has 4 N–H and O–H groups in total. The molecule has 0 saturated carbocycles. The highest BCUT2D eigenvalue weighted by Gasteiger charge is 2.13. The summed E-state index contributed by atoms with van der Waals surface area (Å²) in [6.45, 7) is 3.56. The summed E-state index contributed by atoms with van der Waals surface area (Å²) in [5.74, 6) is -0.233. The van der Waals surface area contributed by atoms with Crippen LogP contribution >= 0.6 is 0 Å². The maximum atomic E-state index is 12.1. The minimum atomic E-state index is -0.137. The first-order chi connectivity index (χ1) is 10.1. The molecule has 6 heteroatoms. The Morgan fingerprint density at radius 2 is 1.95 bits per heavy atom. The first kappa shape index (κ1) is 17.1. The van der Waals surface area contributed by atoms with Crippen molar-refractivity contribution in [2.45, 2.75) is 19.9 Å². The molecule has 0 fully saturated rings. The fourth-order valence-corrected chi connectivity index (χ4v) is 1.99. The van der Waals surface area contributed by atoms with Crippen molar-refractivity contribution in [2.24, 2.45) is 5.73 Å². The van der Waals surface area contributed by atoms with E-state index in [-0.39, 0.29) is 24.9 Å². The van der Waals surface area contributed by atoms with Crippen LogP contribution in [0.1, 0.15) is 18.9 Å². The van der Waals surface area contributed by atoms with Crippen LogP contribution in [0.5, 0.6) is 0 Å². The van der Waals surface area contributed by atoms with Gasteiger partial charge in [0, 0.05) is 19.3 Å². The third-order valence-corrected chi connectivity index (χ3v) is 3.00. The number of carbonyl (C=O) groups excluding carboxylic acids is 2. The van der Waals surface area contributed by atoms with Crippen LogP contribution in [0, 0.1) is 0 Å². The Morgan fingerprint density at radius 1 is 1.24 bits per heavy atom. The summed E-state index contributed by atoms with van der Waals surface area (Å²) in [4.78, 5) is 25.3. The molecule has 0 saturated heterocycles. The normalized spacial score (nSPS) is 10.5. The third-order valence-electron chi connectivity index (χ3n) is 3.00. The van der Waals surface area contributed by atoms with E-state index in [0.29, 0.717) is 13.1 Å². The maximum Gasteiger partial charge on any atom is 0.238 e. The zero-order valence-corrected chi connectivity index (χ0v) is 12.7. The minimum absolute atomic E-state index is 0.0959. The number of nitrogens with two attached hydrogens (primary N) is 1. The number of rotatable bonds is 8. The molecule has 0 bridgehead atoms. The molecular weight excluding hydrogens is 268 g/mol. The van der Waals surface area contributed by atoms with Crippen LogP contribution in [0.2, 0.25) is 0 Å². The van der Waals surface area contributed by atoms with Crippen molar-refractivity contribution in [3.63, 3.8) is 0 Å². The van der Waals surface area contributed by atoms with E-state index >= 15 is 0 Å². The lowest BCUT2D eigenvalue weighted by molar-refractivity contribution is -0.123. The second-order valence-corrected chi connectivity index (χ2v) is 4.84. The number of amides is 2. The lowest BCUT2D eigenvalue weighted by Crippen LogP contribution is -2.40. The van der Waals surface area contributed by atoms with Crippen LogP contribution in [-0.2, 0) is 16.1 Å². The van der Waals surface area contributed by atoms with E-state index in [2.05, 4.69) is 10.6 Å². The monoisotopic (exact) mass is 292 g/mol. The predicted octanol–water partition coefficient (Wildman–Crippen LogP) is 0.542. The van der Waals surface area contributed by atoms with Gasteiger partial charge in [0.1, 0.15) is 0 Å². The zero-order valence-electron chi connectivity index (χ0n) is 12.7. The number of nitrogens with one attached hydrogen (secondary N) is 2. The molecule has 0 spiro atoms. The Bertz CT molecular complexity index is 476. The van der Waals surface area contributed by atoms with Crippen LogP contribution in [0.15, 0.2) is 24.3 Å². The summed E-state index contributed by atoms with van der Waals surface area (Å²) in [5.41, 5.74) is 7.26. The molecule has 0 aliphatic rings. The first-order valence-electron chi connectivity index (χ1n) is 7.10. The van der Waals surface area contributed by atoms with Gasteiger partial charge in [-0.3, -0.25) is 14.5 Å². The smallest absolute Gasteiger partial charge is 0.238 e. The van der Waals surface area contributed by atoms with Crippen molar-refractivity contribution in [1.82, 2.24) is 10.2 Å². The summed E-state index contributed by atoms with van der Waals surface area (Å²) in [7, 11) is 1.59. The van der Waals surface area contributed by atoms with Crippen molar-refractivity contribution >= 4 is 17.5 Å². The standard InChI is InChI=1S/C15H24N4O2/c1-3-7-19(10-14(20)17-2)11-15(21)18-13-6-4-5-12(8-13)9-16/h4-6,8H,3,7,9-11,16H2,1-2H3,(H,17,20)(H,18,21). The number of hydrogen-bond acceptors (Lipinski definition) is 4. The molecule has 1 rings (SSSR count). The highest BCUT2D eigenvalue weighted by atomic mass is 16.2. The highest BCUT2D eigenvalue weighted by molar-refractivity contribution is 5.92. The van der Waals surface area contributed by atoms with Gasteiger partial charge >= 0.3 is 0 Å². The Balaban J connectivity index is 2.58. The number of anilines is 1. The summed E-state index contributed by atoms with van der Waals surface area (Å²) >= 11 is 0. The molecule has 2 amide bonds. The van der Waals surface area contributed by atoms with Gasteiger partial charge in [-0.15, -0.1) is 0 Å². The zero-order chi connectivity index (χ0) is 15.7. The average Bonchev–Trinajstić information content (AvgIpc) is 2.47. The lowest BCUT2D eigenvalue weighted by Gasteiger charge is -2.20. The number of benzene rings is 1. The third kappa shape index (κ3) is 6.37. The van der Waals surface area contributed by atoms with Crippen molar-refractivity contribution in [1.29, 1.82) is 0 Å². The van der Waals surface area contributed by atoms with E-state index in [4.69, 9.17) is 5.73 Å². The first-order valence-corrected chi connectivity index (χ1v) is 7.10. The summed E-state index contributed by atoms with van der Waals surface area (Å²) < 4.78 is 0. The van der Waals surface area contributed by atoms with Crippen molar-refractivity contribution in [3.8, 4) is 0 Å². The molecule has 6 nitrogen and oxygen atoms in total. The van der Waals surface area contributed by atoms with Gasteiger partial charge in [0.25, 0.3) is 0 Å². The molecule has 21 heavy (non-hydrogen) atoms. The van der Waals surface area contributed by atoms with Crippen LogP contribution in [0.4, 0.5) is 5.69 Å². The molecule has 0 radical (unpaired) electrons. The van der Waals surface area contributed by atoms with Crippen LogP contribution in [-0.4, -0.2) is 43.4 Å². The van der Waals surface area contributed by atoms with Gasteiger partial charge < -0.3 is 16.4 Å². The van der Waals surface area contributed by atoms with Gasteiger partial charge in [0.05, 0.1) is 13.1 Å². The van der Waals surface area contributed by atoms with E-state index in [0.717, 1.165) is 17.7 Å². The molecule has 1 aromatic carbocycles. The van der Waals surface area contributed by atoms with Crippen LogP contribution in [0.3, 0.4) is 0 Å². The van der Waals surface area contributed by atoms with Gasteiger partial charge in [-0.05, 0) is 30.7 Å². The predicted molar refractivity (Wildman–Crippen MR) is 83.8 cm³/mol. The number of nitrogens with zero attached hydrogens (tertiary/aromatic N) is 1. The van der Waals surface area contributed by atoms with E-state index < -0.39 is 0 Å². The minimum Gasteiger partial charge on any atom is -0.358 e. The van der Waals surface area contributed by atoms with Crippen molar-refractivity contribution in [3.05, 3.63) is 29.8 Å². The van der Waals surface area contributed by atoms with Crippen LogP contribution in [0.25, 0.3) is 0 Å². The fourth-order valence-electron chi connectivity index (χ4n) is 1.99. The van der Waals surface area contributed by atoms with Gasteiger partial charge in [-0.25, -0.2) is 0 Å². The molecule has 0 heterocycles. The Hall–Kier alpha value is -1.92.